The second-order valence-corrected chi connectivity index (χ2v) is 6.18. The average Bonchev–Trinajstić information content (AvgIpc) is 2.96. The molecule has 0 unspecified atom stereocenters. The Hall–Kier alpha value is -2.14. The van der Waals surface area contributed by atoms with Crippen molar-refractivity contribution >= 4 is 5.91 Å². The van der Waals surface area contributed by atoms with Gasteiger partial charge in [-0.3, -0.25) is 14.4 Å². The van der Waals surface area contributed by atoms with Crippen LogP contribution in [0.15, 0.2) is 36.7 Å². The third-order valence-corrected chi connectivity index (χ3v) is 3.95. The molecule has 1 aromatic heterocycles. The lowest BCUT2D eigenvalue weighted by Crippen LogP contribution is -2.38. The van der Waals surface area contributed by atoms with Crippen molar-refractivity contribution in [2.75, 3.05) is 21.1 Å². The molecule has 0 fully saturated rings. The zero-order valence-electron chi connectivity index (χ0n) is 14.7. The molecule has 0 spiro atoms. The maximum atomic E-state index is 12.9. The molecule has 1 heterocycles. The van der Waals surface area contributed by atoms with E-state index in [4.69, 9.17) is 0 Å². The van der Waals surface area contributed by atoms with Gasteiger partial charge < -0.3 is 4.90 Å². The lowest BCUT2D eigenvalue weighted by atomic mass is 10.0. The molecule has 0 aliphatic rings. The SMILES string of the molecule is CCn1cc(CN(C)C(=O)[C@@H](c2ccc(C)cc2)N(C)C)cn1. The summed E-state index contributed by atoms with van der Waals surface area (Å²) in [6.07, 6.45) is 3.81. The summed E-state index contributed by atoms with van der Waals surface area (Å²) in [5.74, 6) is 0.0862. The standard InChI is InChI=1S/C18H26N4O/c1-6-22-13-15(11-19-22)12-21(5)18(23)17(20(3)4)16-9-7-14(2)8-10-16/h7-11,13,17H,6,12H2,1-5H3/t17-/m1/s1. The van der Waals surface area contributed by atoms with E-state index < -0.39 is 0 Å². The predicted octanol–water partition coefficient (Wildman–Crippen LogP) is 2.47. The molecule has 1 aromatic carbocycles. The summed E-state index contributed by atoms with van der Waals surface area (Å²) < 4.78 is 1.87. The zero-order valence-corrected chi connectivity index (χ0v) is 14.7. The Labute approximate surface area is 138 Å². The topological polar surface area (TPSA) is 41.4 Å². The van der Waals surface area contributed by atoms with Crippen LogP contribution >= 0.6 is 0 Å². The maximum absolute atomic E-state index is 12.9. The number of amides is 1. The smallest absolute Gasteiger partial charge is 0.244 e. The van der Waals surface area contributed by atoms with Gasteiger partial charge in [-0.05, 0) is 33.5 Å². The predicted molar refractivity (Wildman–Crippen MR) is 92.0 cm³/mol. The summed E-state index contributed by atoms with van der Waals surface area (Å²) in [6, 6.07) is 7.87. The van der Waals surface area contributed by atoms with E-state index in [1.54, 1.807) is 4.90 Å². The van der Waals surface area contributed by atoms with Crippen LogP contribution in [0.4, 0.5) is 0 Å². The minimum absolute atomic E-state index is 0.0862. The summed E-state index contributed by atoms with van der Waals surface area (Å²) in [5, 5.41) is 4.26. The van der Waals surface area contributed by atoms with Gasteiger partial charge in [0.05, 0.1) is 6.20 Å². The molecule has 124 valence electrons. The Morgan fingerprint density at radius 2 is 1.87 bits per heavy atom. The minimum Gasteiger partial charge on any atom is -0.340 e. The molecule has 0 aliphatic heterocycles. The molecule has 2 rings (SSSR count). The Morgan fingerprint density at radius 3 is 2.39 bits per heavy atom. The van der Waals surface area contributed by atoms with E-state index in [9.17, 15) is 4.79 Å². The molecule has 2 aromatic rings. The molecule has 0 radical (unpaired) electrons. The Bertz CT molecular complexity index is 645. The van der Waals surface area contributed by atoms with Gasteiger partial charge in [0, 0.05) is 31.9 Å². The molecule has 0 saturated carbocycles. The third kappa shape index (κ3) is 4.20. The van der Waals surface area contributed by atoms with Gasteiger partial charge in [-0.1, -0.05) is 29.8 Å². The normalized spacial score (nSPS) is 12.4. The molecular formula is C18H26N4O. The van der Waals surface area contributed by atoms with E-state index in [-0.39, 0.29) is 11.9 Å². The van der Waals surface area contributed by atoms with Crippen LogP contribution in [0.25, 0.3) is 0 Å². The lowest BCUT2D eigenvalue weighted by molar-refractivity contribution is -0.135. The Balaban J connectivity index is 2.15. The molecule has 23 heavy (non-hydrogen) atoms. The highest BCUT2D eigenvalue weighted by Crippen LogP contribution is 2.21. The summed E-state index contributed by atoms with van der Waals surface area (Å²) >= 11 is 0. The molecule has 0 N–H and O–H groups in total. The van der Waals surface area contributed by atoms with Crippen LogP contribution in [-0.4, -0.2) is 46.6 Å². The van der Waals surface area contributed by atoms with E-state index in [0.717, 1.165) is 17.7 Å². The van der Waals surface area contributed by atoms with Gasteiger partial charge in [0.15, 0.2) is 0 Å². The Kier molecular flexibility index (Phi) is 5.55. The summed E-state index contributed by atoms with van der Waals surface area (Å²) in [5.41, 5.74) is 3.25. The lowest BCUT2D eigenvalue weighted by Gasteiger charge is -2.28. The number of carbonyl (C=O) groups is 1. The van der Waals surface area contributed by atoms with Crippen molar-refractivity contribution in [3.05, 3.63) is 53.3 Å². The highest BCUT2D eigenvalue weighted by Gasteiger charge is 2.26. The van der Waals surface area contributed by atoms with E-state index in [0.29, 0.717) is 6.54 Å². The van der Waals surface area contributed by atoms with Crippen LogP contribution in [-0.2, 0) is 17.9 Å². The summed E-state index contributed by atoms with van der Waals surface area (Å²) in [7, 11) is 5.72. The first kappa shape index (κ1) is 17.2. The van der Waals surface area contributed by atoms with Crippen molar-refractivity contribution in [1.82, 2.24) is 19.6 Å². The van der Waals surface area contributed by atoms with Crippen molar-refractivity contribution in [3.8, 4) is 0 Å². The number of nitrogens with zero attached hydrogens (tertiary/aromatic N) is 4. The molecule has 5 nitrogen and oxygen atoms in total. The molecule has 0 aliphatic carbocycles. The number of rotatable bonds is 6. The van der Waals surface area contributed by atoms with Crippen molar-refractivity contribution in [2.45, 2.75) is 33.0 Å². The van der Waals surface area contributed by atoms with Gasteiger partial charge in [0.2, 0.25) is 5.91 Å². The average molecular weight is 314 g/mol. The fourth-order valence-corrected chi connectivity index (χ4v) is 2.63. The monoisotopic (exact) mass is 314 g/mol. The van der Waals surface area contributed by atoms with Crippen LogP contribution < -0.4 is 0 Å². The zero-order chi connectivity index (χ0) is 17.0. The van der Waals surface area contributed by atoms with E-state index in [1.807, 2.05) is 81.2 Å². The van der Waals surface area contributed by atoms with Crippen LogP contribution in [0, 0.1) is 6.92 Å². The van der Waals surface area contributed by atoms with Crippen molar-refractivity contribution in [2.24, 2.45) is 0 Å². The Morgan fingerprint density at radius 1 is 1.22 bits per heavy atom. The largest absolute Gasteiger partial charge is 0.340 e. The number of likely N-dealkylation sites (N-methyl/N-ethyl adjacent to an activating group) is 2. The van der Waals surface area contributed by atoms with Crippen molar-refractivity contribution in [3.63, 3.8) is 0 Å². The van der Waals surface area contributed by atoms with Crippen LogP contribution in [0.2, 0.25) is 0 Å². The highest BCUT2D eigenvalue weighted by atomic mass is 16.2. The molecule has 5 heteroatoms. The number of aryl methyl sites for hydroxylation is 2. The van der Waals surface area contributed by atoms with Gasteiger partial charge in [0.25, 0.3) is 0 Å². The number of benzene rings is 1. The minimum atomic E-state index is -0.276. The highest BCUT2D eigenvalue weighted by molar-refractivity contribution is 5.83. The summed E-state index contributed by atoms with van der Waals surface area (Å²) in [6.45, 7) is 5.50. The van der Waals surface area contributed by atoms with Crippen LogP contribution in [0.1, 0.15) is 29.7 Å². The maximum Gasteiger partial charge on any atom is 0.244 e. The second kappa shape index (κ2) is 7.42. The molecule has 0 saturated heterocycles. The van der Waals surface area contributed by atoms with Crippen molar-refractivity contribution in [1.29, 1.82) is 0 Å². The van der Waals surface area contributed by atoms with E-state index >= 15 is 0 Å². The third-order valence-electron chi connectivity index (χ3n) is 3.95. The van der Waals surface area contributed by atoms with E-state index in [2.05, 4.69) is 5.10 Å². The quantitative estimate of drug-likeness (QED) is 0.822. The van der Waals surface area contributed by atoms with Gasteiger partial charge >= 0.3 is 0 Å². The number of aromatic nitrogens is 2. The molecular weight excluding hydrogens is 288 g/mol. The first-order valence-electron chi connectivity index (χ1n) is 7.91. The van der Waals surface area contributed by atoms with Gasteiger partial charge in [-0.25, -0.2) is 0 Å². The number of hydrogen-bond acceptors (Lipinski definition) is 3. The van der Waals surface area contributed by atoms with Crippen LogP contribution in [0.5, 0.6) is 0 Å². The first-order valence-corrected chi connectivity index (χ1v) is 7.91. The van der Waals surface area contributed by atoms with Crippen molar-refractivity contribution < 1.29 is 4.79 Å². The van der Waals surface area contributed by atoms with Gasteiger partial charge in [-0.2, -0.15) is 5.10 Å². The van der Waals surface area contributed by atoms with Crippen LogP contribution in [0.3, 0.4) is 0 Å². The van der Waals surface area contributed by atoms with Gasteiger partial charge in [-0.15, -0.1) is 0 Å². The molecule has 0 bridgehead atoms. The number of carbonyl (C=O) groups excluding carboxylic acids is 1. The van der Waals surface area contributed by atoms with E-state index in [1.165, 1.54) is 5.56 Å². The van der Waals surface area contributed by atoms with Gasteiger partial charge in [0.1, 0.15) is 6.04 Å². The second-order valence-electron chi connectivity index (χ2n) is 6.18. The fraction of sp³-hybridized carbons (Fsp3) is 0.444. The molecule has 1 atom stereocenters. The number of hydrogen-bond donors (Lipinski definition) is 0. The summed E-state index contributed by atoms with van der Waals surface area (Å²) in [4.78, 5) is 16.6. The first-order chi connectivity index (χ1) is 10.9. The fourth-order valence-electron chi connectivity index (χ4n) is 2.63. The molecule has 1 amide bonds.